The van der Waals surface area contributed by atoms with E-state index >= 15 is 0 Å². The Balaban J connectivity index is 1.32. The van der Waals surface area contributed by atoms with Gasteiger partial charge in [-0.1, -0.05) is 66.7 Å². The van der Waals surface area contributed by atoms with Crippen LogP contribution in [-0.4, -0.2) is 43.2 Å². The third-order valence-electron chi connectivity index (χ3n) is 5.97. The van der Waals surface area contributed by atoms with E-state index in [0.29, 0.717) is 25.3 Å². The molecule has 196 valence electrons. The van der Waals surface area contributed by atoms with Gasteiger partial charge in [0.25, 0.3) is 5.91 Å². The Labute approximate surface area is 231 Å². The largest absolute Gasteiger partial charge is 0.491 e. The number of carbonyl (C=O) groups excluding carboxylic acids is 2. The van der Waals surface area contributed by atoms with Crippen LogP contribution in [0.15, 0.2) is 95.7 Å². The van der Waals surface area contributed by atoms with Crippen LogP contribution in [0.1, 0.15) is 22.8 Å². The quantitative estimate of drug-likeness (QED) is 0.193. The third-order valence-corrected chi connectivity index (χ3v) is 6.40. The number of amides is 2. The Morgan fingerprint density at radius 2 is 1.71 bits per heavy atom. The predicted molar refractivity (Wildman–Crippen MR) is 150 cm³/mol. The summed E-state index contributed by atoms with van der Waals surface area (Å²) in [6.07, 6.45) is 3.23. The summed E-state index contributed by atoms with van der Waals surface area (Å²) in [6.45, 7) is 4.06. The fourth-order valence-electron chi connectivity index (χ4n) is 4.03. The lowest BCUT2D eigenvalue weighted by molar-refractivity contribution is -0.694. The molecule has 2 amide bonds. The minimum Gasteiger partial charge on any atom is -0.491 e. The van der Waals surface area contributed by atoms with Gasteiger partial charge in [0.15, 0.2) is 12.4 Å². The van der Waals surface area contributed by atoms with Crippen LogP contribution in [0.4, 0.5) is 4.79 Å². The molecule has 0 spiro atoms. The van der Waals surface area contributed by atoms with E-state index in [4.69, 9.17) is 9.47 Å². The number of benzene rings is 3. The Morgan fingerprint density at radius 3 is 2.53 bits per heavy atom. The first kappa shape index (κ1) is 27.1. The van der Waals surface area contributed by atoms with E-state index in [9.17, 15) is 9.59 Å². The second kappa shape index (κ2) is 13.6. The summed E-state index contributed by atoms with van der Waals surface area (Å²) in [7, 11) is 0. The summed E-state index contributed by atoms with van der Waals surface area (Å²) in [6, 6.07) is 25.4. The van der Waals surface area contributed by atoms with Crippen molar-refractivity contribution in [3.63, 3.8) is 0 Å². The van der Waals surface area contributed by atoms with Gasteiger partial charge < -0.3 is 19.7 Å². The van der Waals surface area contributed by atoms with Crippen LogP contribution in [0, 0.1) is 0 Å². The molecule has 7 nitrogen and oxygen atoms in total. The smallest absolute Gasteiger partial charge is 0.410 e. The number of halogens is 1. The molecule has 0 aliphatic rings. The van der Waals surface area contributed by atoms with Crippen molar-refractivity contribution in [1.29, 1.82) is 0 Å². The zero-order chi connectivity index (χ0) is 26.7. The van der Waals surface area contributed by atoms with Gasteiger partial charge in [0, 0.05) is 11.9 Å². The zero-order valence-electron chi connectivity index (χ0n) is 21.3. The lowest BCUT2D eigenvalue weighted by Crippen LogP contribution is -2.37. The minimum absolute atomic E-state index is 0.0574. The lowest BCUT2D eigenvalue weighted by Gasteiger charge is -2.22. The van der Waals surface area contributed by atoms with E-state index in [2.05, 4.69) is 21.2 Å². The number of ether oxygens (including phenoxy) is 2. The average Bonchev–Trinajstić information content (AvgIpc) is 2.94. The van der Waals surface area contributed by atoms with Gasteiger partial charge in [-0.25, -0.2) is 9.36 Å². The Kier molecular flexibility index (Phi) is 9.70. The molecule has 0 aliphatic heterocycles. The van der Waals surface area contributed by atoms with E-state index in [1.807, 2.05) is 90.5 Å². The molecular formula is C30H31BrN3O4+. The van der Waals surface area contributed by atoms with E-state index in [1.165, 1.54) is 0 Å². The van der Waals surface area contributed by atoms with Crippen molar-refractivity contribution >= 4 is 38.7 Å². The van der Waals surface area contributed by atoms with Gasteiger partial charge in [0.2, 0.25) is 0 Å². The highest BCUT2D eigenvalue weighted by Gasteiger charge is 2.17. The molecule has 1 heterocycles. The number of hydrogen-bond donors (Lipinski definition) is 1. The van der Waals surface area contributed by atoms with Crippen LogP contribution in [0.5, 0.6) is 5.75 Å². The fraction of sp³-hybridized carbons (Fsp3) is 0.233. The molecule has 3 aromatic carbocycles. The summed E-state index contributed by atoms with van der Waals surface area (Å²) < 4.78 is 14.3. The van der Waals surface area contributed by atoms with Gasteiger partial charge >= 0.3 is 6.09 Å². The molecule has 4 rings (SSSR count). The highest BCUT2D eigenvalue weighted by molar-refractivity contribution is 9.10. The van der Waals surface area contributed by atoms with E-state index < -0.39 is 6.09 Å². The maximum atomic E-state index is 13.0. The monoisotopic (exact) mass is 576 g/mol. The van der Waals surface area contributed by atoms with Gasteiger partial charge in [0.1, 0.15) is 31.1 Å². The molecule has 0 saturated heterocycles. The summed E-state index contributed by atoms with van der Waals surface area (Å²) in [5, 5.41) is 4.93. The van der Waals surface area contributed by atoms with Crippen molar-refractivity contribution in [2.45, 2.75) is 20.0 Å². The predicted octanol–water partition coefficient (Wildman–Crippen LogP) is 5.36. The second-order valence-electron chi connectivity index (χ2n) is 8.68. The first-order valence-electron chi connectivity index (χ1n) is 12.6. The second-order valence-corrected chi connectivity index (χ2v) is 9.59. The van der Waals surface area contributed by atoms with Crippen molar-refractivity contribution in [3.05, 3.63) is 107 Å². The van der Waals surface area contributed by atoms with Gasteiger partial charge in [-0.2, -0.15) is 0 Å². The number of hydrogen-bond acceptors (Lipinski definition) is 4. The summed E-state index contributed by atoms with van der Waals surface area (Å²) >= 11 is 3.43. The molecule has 0 saturated carbocycles. The molecular weight excluding hydrogens is 546 g/mol. The van der Waals surface area contributed by atoms with E-state index in [-0.39, 0.29) is 19.1 Å². The molecule has 0 unspecified atom stereocenters. The lowest BCUT2D eigenvalue weighted by atomic mass is 10.1. The molecule has 0 atom stereocenters. The molecule has 0 aliphatic carbocycles. The van der Waals surface area contributed by atoms with Crippen LogP contribution < -0.4 is 14.6 Å². The molecule has 0 radical (unpaired) electrons. The topological polar surface area (TPSA) is 71.8 Å². The summed E-state index contributed by atoms with van der Waals surface area (Å²) in [5.41, 5.74) is 1.52. The molecule has 0 bridgehead atoms. The molecule has 38 heavy (non-hydrogen) atoms. The van der Waals surface area contributed by atoms with Gasteiger partial charge in [-0.05, 0) is 45.9 Å². The number of aryl methyl sites for hydroxylation is 1. The normalized spacial score (nSPS) is 10.7. The number of carbonyl (C=O) groups is 2. The van der Waals surface area contributed by atoms with E-state index in [1.54, 1.807) is 17.2 Å². The Bertz CT molecular complexity index is 1380. The van der Waals surface area contributed by atoms with Crippen molar-refractivity contribution < 1.29 is 23.6 Å². The summed E-state index contributed by atoms with van der Waals surface area (Å²) in [4.78, 5) is 27.1. The van der Waals surface area contributed by atoms with Crippen LogP contribution in [-0.2, 0) is 17.8 Å². The number of fused-ring (bicyclic) bond motifs is 1. The minimum atomic E-state index is -0.462. The number of nitrogens with one attached hydrogen (secondary N) is 1. The van der Waals surface area contributed by atoms with Crippen molar-refractivity contribution in [1.82, 2.24) is 10.2 Å². The number of rotatable bonds is 11. The molecule has 4 aromatic rings. The maximum absolute atomic E-state index is 13.0. The number of aromatic nitrogens is 1. The SMILES string of the molecule is CC[n+]1cc(Br)cc(C(=O)NCCOC(=O)N(CCOc2cccc3ccccc23)Cc2ccccc2)c1. The fourth-order valence-corrected chi connectivity index (χ4v) is 4.54. The third kappa shape index (κ3) is 7.55. The highest BCUT2D eigenvalue weighted by Crippen LogP contribution is 2.25. The highest BCUT2D eigenvalue weighted by atomic mass is 79.9. The van der Waals surface area contributed by atoms with Crippen molar-refractivity contribution in [3.8, 4) is 5.75 Å². The first-order valence-corrected chi connectivity index (χ1v) is 13.4. The number of pyridine rings is 1. The number of nitrogens with zero attached hydrogens (tertiary/aromatic N) is 2. The maximum Gasteiger partial charge on any atom is 0.410 e. The zero-order valence-corrected chi connectivity index (χ0v) is 22.9. The average molecular weight is 577 g/mol. The molecule has 1 aromatic heterocycles. The van der Waals surface area contributed by atoms with Crippen LogP contribution in [0.3, 0.4) is 0 Å². The molecule has 1 N–H and O–H groups in total. The van der Waals surface area contributed by atoms with Gasteiger partial charge in [0.05, 0.1) is 17.6 Å². The van der Waals surface area contributed by atoms with E-state index in [0.717, 1.165) is 33.1 Å². The summed E-state index contributed by atoms with van der Waals surface area (Å²) in [5.74, 6) is 0.546. The first-order chi connectivity index (χ1) is 18.5. The van der Waals surface area contributed by atoms with Crippen LogP contribution in [0.2, 0.25) is 0 Å². The van der Waals surface area contributed by atoms with Gasteiger partial charge in [-0.15, -0.1) is 0 Å². The molecule has 0 fully saturated rings. The van der Waals surface area contributed by atoms with Gasteiger partial charge in [-0.3, -0.25) is 4.79 Å². The van der Waals surface area contributed by atoms with Crippen LogP contribution >= 0.6 is 15.9 Å². The molecule has 8 heteroatoms. The Morgan fingerprint density at radius 1 is 0.947 bits per heavy atom. The van der Waals surface area contributed by atoms with Crippen molar-refractivity contribution in [2.75, 3.05) is 26.3 Å². The Hall–Kier alpha value is -3.91. The van der Waals surface area contributed by atoms with Crippen molar-refractivity contribution in [2.24, 2.45) is 0 Å². The standard InChI is InChI=1S/C30H30BrN3O4/c1-2-33-21-25(19-26(31)22-33)29(35)32-15-17-38-30(36)34(20-23-9-4-3-5-10-23)16-18-37-28-14-8-12-24-11-6-7-13-27(24)28/h3-14,19,21-22H,2,15-18,20H2,1H3/p+1. The van der Waals surface area contributed by atoms with Crippen LogP contribution in [0.25, 0.3) is 10.8 Å².